The minimum absolute atomic E-state index is 0.0742. The second-order valence-electron chi connectivity index (χ2n) is 3.87. The van der Waals surface area contributed by atoms with Gasteiger partial charge in [-0.05, 0) is 6.42 Å². The van der Waals surface area contributed by atoms with Crippen molar-refractivity contribution in [2.24, 2.45) is 0 Å². The molecule has 0 spiro atoms. The summed E-state index contributed by atoms with van der Waals surface area (Å²) in [5, 5.41) is 55.6. The summed E-state index contributed by atoms with van der Waals surface area (Å²) in [6, 6.07) is 0. The van der Waals surface area contributed by atoms with Gasteiger partial charge in [0.1, 0.15) is 36.6 Å². The molecular formula is C9H18O7. The molecule has 1 aliphatic rings. The molecule has 1 saturated carbocycles. The van der Waals surface area contributed by atoms with Crippen molar-refractivity contribution in [3.05, 3.63) is 0 Å². The minimum atomic E-state index is -1.61. The lowest BCUT2D eigenvalue weighted by Gasteiger charge is -2.41. The van der Waals surface area contributed by atoms with Crippen LogP contribution in [0.1, 0.15) is 6.42 Å². The van der Waals surface area contributed by atoms with E-state index in [2.05, 4.69) is 0 Å². The molecule has 0 radical (unpaired) electrons. The Bertz CT molecular complexity index is 196. The number of aliphatic hydroxyl groups excluding tert-OH is 6. The first-order valence-corrected chi connectivity index (χ1v) is 5.13. The average molecular weight is 238 g/mol. The van der Waals surface area contributed by atoms with Crippen molar-refractivity contribution < 1.29 is 35.4 Å². The summed E-state index contributed by atoms with van der Waals surface area (Å²) in [6.07, 6.45) is -8.58. The van der Waals surface area contributed by atoms with Crippen molar-refractivity contribution in [3.8, 4) is 0 Å². The third-order valence-corrected chi connectivity index (χ3v) is 2.69. The van der Waals surface area contributed by atoms with Crippen LogP contribution in [0.15, 0.2) is 0 Å². The van der Waals surface area contributed by atoms with E-state index < -0.39 is 36.6 Å². The van der Waals surface area contributed by atoms with E-state index in [1.165, 1.54) is 0 Å². The summed E-state index contributed by atoms with van der Waals surface area (Å²) in [6.45, 7) is -0.0303. The number of ether oxygens (including phenoxy) is 1. The lowest BCUT2D eigenvalue weighted by atomic mass is 9.85. The van der Waals surface area contributed by atoms with Crippen molar-refractivity contribution in [2.75, 3.05) is 13.2 Å². The van der Waals surface area contributed by atoms with Gasteiger partial charge in [0.2, 0.25) is 0 Å². The molecule has 6 N–H and O–H groups in total. The van der Waals surface area contributed by atoms with Crippen LogP contribution in [0.2, 0.25) is 0 Å². The Labute approximate surface area is 92.5 Å². The molecule has 6 atom stereocenters. The van der Waals surface area contributed by atoms with Crippen LogP contribution in [0.25, 0.3) is 0 Å². The number of aliphatic hydroxyl groups is 6. The topological polar surface area (TPSA) is 131 Å². The Kier molecular flexibility index (Phi) is 5.06. The van der Waals surface area contributed by atoms with Crippen LogP contribution in [0.3, 0.4) is 0 Å². The van der Waals surface area contributed by atoms with Gasteiger partial charge >= 0.3 is 0 Å². The highest BCUT2D eigenvalue weighted by atomic mass is 16.5. The normalized spacial score (nSPS) is 44.6. The summed E-state index contributed by atoms with van der Waals surface area (Å²) < 4.78 is 5.05. The molecule has 0 heterocycles. The quantitative estimate of drug-likeness (QED) is 0.281. The summed E-state index contributed by atoms with van der Waals surface area (Å²) in [5.41, 5.74) is 0. The van der Waals surface area contributed by atoms with Gasteiger partial charge in [0.25, 0.3) is 0 Å². The summed E-state index contributed by atoms with van der Waals surface area (Å²) >= 11 is 0. The van der Waals surface area contributed by atoms with Crippen molar-refractivity contribution >= 4 is 0 Å². The van der Waals surface area contributed by atoms with E-state index in [0.717, 1.165) is 0 Å². The largest absolute Gasteiger partial charge is 0.396 e. The van der Waals surface area contributed by atoms with Crippen molar-refractivity contribution in [1.82, 2.24) is 0 Å². The van der Waals surface area contributed by atoms with Crippen LogP contribution in [-0.4, -0.2) is 80.5 Å². The Balaban J connectivity index is 2.60. The lowest BCUT2D eigenvalue weighted by molar-refractivity contribution is -0.235. The predicted octanol–water partition coefficient (Wildman–Crippen LogP) is -3.43. The molecule has 1 fully saturated rings. The van der Waals surface area contributed by atoms with E-state index in [1.54, 1.807) is 0 Å². The highest BCUT2D eigenvalue weighted by Gasteiger charge is 2.48. The molecule has 16 heavy (non-hydrogen) atoms. The first-order valence-electron chi connectivity index (χ1n) is 5.13. The maximum atomic E-state index is 9.53. The van der Waals surface area contributed by atoms with E-state index in [4.69, 9.17) is 9.84 Å². The van der Waals surface area contributed by atoms with Gasteiger partial charge in [-0.25, -0.2) is 0 Å². The lowest BCUT2D eigenvalue weighted by Crippen LogP contribution is -2.64. The minimum Gasteiger partial charge on any atom is -0.396 e. The third-order valence-electron chi connectivity index (χ3n) is 2.69. The molecule has 0 aliphatic heterocycles. The summed E-state index contributed by atoms with van der Waals surface area (Å²) in [7, 11) is 0. The highest BCUT2D eigenvalue weighted by molar-refractivity contribution is 4.99. The monoisotopic (exact) mass is 238 g/mol. The van der Waals surface area contributed by atoms with Crippen molar-refractivity contribution in [1.29, 1.82) is 0 Å². The van der Waals surface area contributed by atoms with Crippen LogP contribution in [-0.2, 0) is 4.74 Å². The van der Waals surface area contributed by atoms with Gasteiger partial charge in [-0.2, -0.15) is 0 Å². The molecule has 1 aliphatic carbocycles. The number of rotatable bonds is 4. The Hall–Kier alpha value is -0.280. The Morgan fingerprint density at radius 1 is 0.750 bits per heavy atom. The van der Waals surface area contributed by atoms with E-state index in [1.807, 2.05) is 0 Å². The molecule has 96 valence electrons. The van der Waals surface area contributed by atoms with Crippen LogP contribution >= 0.6 is 0 Å². The van der Waals surface area contributed by atoms with Gasteiger partial charge in [0.05, 0.1) is 0 Å². The number of hydrogen-bond donors (Lipinski definition) is 6. The van der Waals surface area contributed by atoms with E-state index >= 15 is 0 Å². The van der Waals surface area contributed by atoms with Crippen LogP contribution in [0, 0.1) is 0 Å². The molecule has 0 saturated heterocycles. The Morgan fingerprint density at radius 2 is 1.19 bits per heavy atom. The third kappa shape index (κ3) is 2.69. The van der Waals surface area contributed by atoms with Gasteiger partial charge in [-0.15, -0.1) is 0 Å². The molecule has 2 unspecified atom stereocenters. The molecule has 0 amide bonds. The first-order chi connectivity index (χ1) is 7.50. The standard InChI is InChI=1S/C9H18O7/c10-2-1-3-16-9-7(14)5(12)4(11)6(13)8(9)15/h4-15H,1-3H2/t4?,5-,6+,7+,8-,9?. The van der Waals surface area contributed by atoms with Crippen molar-refractivity contribution in [2.45, 2.75) is 43.0 Å². The SMILES string of the molecule is OCCCOC1[C@@H](O)[C@H](O)C(O)[C@H](O)[C@H]1O. The maximum Gasteiger partial charge on any atom is 0.114 e. The molecule has 0 bridgehead atoms. The molecule has 0 aromatic carbocycles. The molecule has 7 heteroatoms. The molecule has 1 rings (SSSR count). The fourth-order valence-electron chi connectivity index (χ4n) is 1.68. The van der Waals surface area contributed by atoms with Gasteiger partial charge in [-0.3, -0.25) is 0 Å². The van der Waals surface area contributed by atoms with Crippen LogP contribution < -0.4 is 0 Å². The van der Waals surface area contributed by atoms with Crippen LogP contribution in [0.4, 0.5) is 0 Å². The Morgan fingerprint density at radius 3 is 1.62 bits per heavy atom. The zero-order valence-electron chi connectivity index (χ0n) is 8.68. The molecule has 0 aromatic rings. The van der Waals surface area contributed by atoms with Crippen molar-refractivity contribution in [3.63, 3.8) is 0 Å². The average Bonchev–Trinajstić information content (AvgIpc) is 2.28. The summed E-state index contributed by atoms with van der Waals surface area (Å²) in [5.74, 6) is 0. The van der Waals surface area contributed by atoms with E-state index in [0.29, 0.717) is 6.42 Å². The van der Waals surface area contributed by atoms with Crippen LogP contribution in [0.5, 0.6) is 0 Å². The fourth-order valence-corrected chi connectivity index (χ4v) is 1.68. The fraction of sp³-hybridized carbons (Fsp3) is 1.00. The maximum absolute atomic E-state index is 9.53. The number of hydrogen-bond acceptors (Lipinski definition) is 7. The molecular weight excluding hydrogens is 220 g/mol. The van der Waals surface area contributed by atoms with Gasteiger partial charge < -0.3 is 35.4 Å². The zero-order chi connectivity index (χ0) is 12.3. The smallest absolute Gasteiger partial charge is 0.114 e. The molecule has 7 nitrogen and oxygen atoms in total. The van der Waals surface area contributed by atoms with E-state index in [-0.39, 0.29) is 13.2 Å². The second kappa shape index (κ2) is 5.87. The summed E-state index contributed by atoms with van der Waals surface area (Å²) in [4.78, 5) is 0. The first kappa shape index (κ1) is 13.8. The van der Waals surface area contributed by atoms with Gasteiger partial charge in [-0.1, -0.05) is 0 Å². The zero-order valence-corrected chi connectivity index (χ0v) is 8.68. The van der Waals surface area contributed by atoms with Gasteiger partial charge in [0, 0.05) is 13.2 Å². The van der Waals surface area contributed by atoms with Gasteiger partial charge in [0.15, 0.2) is 0 Å². The predicted molar refractivity (Wildman–Crippen MR) is 51.5 cm³/mol. The highest BCUT2D eigenvalue weighted by Crippen LogP contribution is 2.23. The van der Waals surface area contributed by atoms with E-state index in [9.17, 15) is 25.5 Å². The molecule has 0 aromatic heterocycles. The second-order valence-corrected chi connectivity index (χ2v) is 3.87.